The van der Waals surface area contributed by atoms with Gasteiger partial charge in [-0.2, -0.15) is 0 Å². The van der Waals surface area contributed by atoms with Crippen LogP contribution >= 0.6 is 15.9 Å². The van der Waals surface area contributed by atoms with Crippen molar-refractivity contribution in [2.75, 3.05) is 27.2 Å². The predicted molar refractivity (Wildman–Crippen MR) is 71.6 cm³/mol. The summed E-state index contributed by atoms with van der Waals surface area (Å²) in [6.45, 7) is 1.39. The average Bonchev–Trinajstić information content (AvgIpc) is 2.71. The van der Waals surface area contributed by atoms with Crippen molar-refractivity contribution in [3.05, 3.63) is 28.8 Å². The summed E-state index contributed by atoms with van der Waals surface area (Å²) >= 11 is 3.32. The number of hydrogen-bond acceptors (Lipinski definition) is 4. The van der Waals surface area contributed by atoms with E-state index >= 15 is 0 Å². The highest BCUT2D eigenvalue weighted by Gasteiger charge is 2.10. The lowest BCUT2D eigenvalue weighted by Gasteiger charge is -2.09. The first kappa shape index (κ1) is 13.0. The van der Waals surface area contributed by atoms with Crippen molar-refractivity contribution in [2.24, 2.45) is 0 Å². The van der Waals surface area contributed by atoms with Crippen molar-refractivity contribution < 1.29 is 4.79 Å². The van der Waals surface area contributed by atoms with Crippen LogP contribution in [0.2, 0.25) is 0 Å². The molecule has 0 saturated heterocycles. The zero-order valence-corrected chi connectivity index (χ0v) is 11.8. The number of fused-ring (bicyclic) bond motifs is 1. The molecule has 0 unspecified atom stereocenters. The highest BCUT2D eigenvalue weighted by Crippen LogP contribution is 2.09. The Labute approximate surface area is 113 Å². The first-order chi connectivity index (χ1) is 8.56. The minimum absolute atomic E-state index is 0.182. The molecule has 0 radical (unpaired) electrons. The molecule has 96 valence electrons. The van der Waals surface area contributed by atoms with E-state index in [9.17, 15) is 4.79 Å². The van der Waals surface area contributed by atoms with E-state index in [0.717, 1.165) is 11.0 Å². The highest BCUT2D eigenvalue weighted by atomic mass is 79.9. The second-order valence-electron chi connectivity index (χ2n) is 4.16. The van der Waals surface area contributed by atoms with Crippen LogP contribution in [-0.4, -0.2) is 52.4 Å². The number of aromatic nitrogens is 3. The van der Waals surface area contributed by atoms with Crippen molar-refractivity contribution in [3.8, 4) is 0 Å². The molecule has 0 bridgehead atoms. The fourth-order valence-corrected chi connectivity index (χ4v) is 1.78. The summed E-state index contributed by atoms with van der Waals surface area (Å²) in [4.78, 5) is 22.1. The molecule has 0 aromatic carbocycles. The maximum absolute atomic E-state index is 11.8. The highest BCUT2D eigenvalue weighted by molar-refractivity contribution is 9.10. The van der Waals surface area contributed by atoms with Crippen LogP contribution in [0.5, 0.6) is 0 Å². The molecule has 0 saturated carbocycles. The second-order valence-corrected chi connectivity index (χ2v) is 5.08. The summed E-state index contributed by atoms with van der Waals surface area (Å²) in [6.07, 6.45) is 5.13. The molecule has 0 aliphatic heterocycles. The van der Waals surface area contributed by atoms with Crippen LogP contribution in [0.15, 0.2) is 23.1 Å². The van der Waals surface area contributed by atoms with Gasteiger partial charge in [0.05, 0.1) is 4.47 Å². The van der Waals surface area contributed by atoms with E-state index < -0.39 is 0 Å². The Bertz CT molecular complexity index is 566. The Morgan fingerprint density at radius 2 is 2.28 bits per heavy atom. The number of halogens is 1. The van der Waals surface area contributed by atoms with Gasteiger partial charge in [-0.05, 0) is 30.0 Å². The third-order valence-electron chi connectivity index (χ3n) is 2.36. The fourth-order valence-electron chi connectivity index (χ4n) is 1.45. The standard InChI is InChI=1S/C11H14BrN5O/c1-16(2)4-3-13-10(18)9-7-17-6-8(12)5-14-11(17)15-9/h5-7H,3-4H2,1-2H3,(H,13,18). The molecule has 0 atom stereocenters. The average molecular weight is 312 g/mol. The SMILES string of the molecule is CN(C)CCNC(=O)c1cn2cc(Br)cnc2n1. The number of amides is 1. The van der Waals surface area contributed by atoms with Gasteiger partial charge in [0.25, 0.3) is 5.91 Å². The number of imidazole rings is 1. The fraction of sp³-hybridized carbons (Fsp3) is 0.364. The van der Waals surface area contributed by atoms with Crippen LogP contribution in [0.4, 0.5) is 0 Å². The van der Waals surface area contributed by atoms with Crippen LogP contribution in [0.3, 0.4) is 0 Å². The molecule has 7 heteroatoms. The number of nitrogens with zero attached hydrogens (tertiary/aromatic N) is 4. The van der Waals surface area contributed by atoms with E-state index in [-0.39, 0.29) is 5.91 Å². The summed E-state index contributed by atoms with van der Waals surface area (Å²) in [5.41, 5.74) is 0.374. The molecule has 0 fully saturated rings. The van der Waals surface area contributed by atoms with Crippen LogP contribution in [-0.2, 0) is 0 Å². The third kappa shape index (κ3) is 3.05. The summed E-state index contributed by atoms with van der Waals surface area (Å²) in [5, 5.41) is 2.81. The van der Waals surface area contributed by atoms with Crippen molar-refractivity contribution in [1.82, 2.24) is 24.6 Å². The van der Waals surface area contributed by atoms with Crippen molar-refractivity contribution in [1.29, 1.82) is 0 Å². The van der Waals surface area contributed by atoms with E-state index in [4.69, 9.17) is 0 Å². The van der Waals surface area contributed by atoms with Gasteiger partial charge in [-0.3, -0.25) is 9.20 Å². The van der Waals surface area contributed by atoms with Gasteiger partial charge in [-0.1, -0.05) is 0 Å². The van der Waals surface area contributed by atoms with E-state index in [1.807, 2.05) is 25.2 Å². The molecular formula is C11H14BrN5O. The monoisotopic (exact) mass is 311 g/mol. The van der Waals surface area contributed by atoms with Crippen LogP contribution in [0, 0.1) is 0 Å². The molecule has 2 aromatic rings. The van der Waals surface area contributed by atoms with Crippen molar-refractivity contribution in [2.45, 2.75) is 0 Å². The maximum atomic E-state index is 11.8. The van der Waals surface area contributed by atoms with Gasteiger partial charge in [-0.15, -0.1) is 0 Å². The van der Waals surface area contributed by atoms with Gasteiger partial charge in [0.2, 0.25) is 5.78 Å². The van der Waals surface area contributed by atoms with Gasteiger partial charge >= 0.3 is 0 Å². The number of carbonyl (C=O) groups excluding carboxylic acids is 1. The molecule has 1 amide bonds. The van der Waals surface area contributed by atoms with Crippen molar-refractivity contribution in [3.63, 3.8) is 0 Å². The molecular weight excluding hydrogens is 298 g/mol. The zero-order chi connectivity index (χ0) is 13.1. The number of rotatable bonds is 4. The lowest BCUT2D eigenvalue weighted by molar-refractivity contribution is 0.0946. The van der Waals surface area contributed by atoms with E-state index in [2.05, 4.69) is 31.2 Å². The maximum Gasteiger partial charge on any atom is 0.271 e. The Kier molecular flexibility index (Phi) is 3.93. The summed E-state index contributed by atoms with van der Waals surface area (Å²) in [6, 6.07) is 0. The number of nitrogens with one attached hydrogen (secondary N) is 1. The van der Waals surface area contributed by atoms with Gasteiger partial charge in [0.15, 0.2) is 0 Å². The lowest BCUT2D eigenvalue weighted by atomic mass is 10.4. The molecule has 2 aromatic heterocycles. The van der Waals surface area contributed by atoms with Crippen molar-refractivity contribution >= 4 is 27.6 Å². The van der Waals surface area contributed by atoms with Crippen LogP contribution < -0.4 is 5.32 Å². The Morgan fingerprint density at radius 3 is 3.00 bits per heavy atom. The first-order valence-corrected chi connectivity index (χ1v) is 6.29. The Morgan fingerprint density at radius 1 is 1.50 bits per heavy atom. The smallest absolute Gasteiger partial charge is 0.271 e. The van der Waals surface area contributed by atoms with Crippen LogP contribution in [0.25, 0.3) is 5.78 Å². The van der Waals surface area contributed by atoms with Crippen LogP contribution in [0.1, 0.15) is 10.5 Å². The second kappa shape index (κ2) is 5.45. The quantitative estimate of drug-likeness (QED) is 0.906. The Balaban J connectivity index is 2.08. The van der Waals surface area contributed by atoms with E-state index in [1.54, 1.807) is 16.8 Å². The third-order valence-corrected chi connectivity index (χ3v) is 2.77. The summed E-state index contributed by atoms with van der Waals surface area (Å²) < 4.78 is 2.55. The predicted octanol–water partition coefficient (Wildman–Crippen LogP) is 0.783. The first-order valence-electron chi connectivity index (χ1n) is 5.49. The van der Waals surface area contributed by atoms with E-state index in [1.165, 1.54) is 0 Å². The molecule has 0 aliphatic rings. The topological polar surface area (TPSA) is 62.5 Å². The van der Waals surface area contributed by atoms with Gasteiger partial charge in [-0.25, -0.2) is 9.97 Å². The normalized spacial score (nSPS) is 11.1. The summed E-state index contributed by atoms with van der Waals surface area (Å²) in [7, 11) is 3.91. The van der Waals surface area contributed by atoms with E-state index in [0.29, 0.717) is 18.0 Å². The zero-order valence-electron chi connectivity index (χ0n) is 10.2. The number of hydrogen-bond donors (Lipinski definition) is 1. The lowest BCUT2D eigenvalue weighted by Crippen LogP contribution is -2.31. The minimum atomic E-state index is -0.182. The molecule has 0 spiro atoms. The summed E-state index contributed by atoms with van der Waals surface area (Å²) in [5.74, 6) is 0.328. The molecule has 6 nitrogen and oxygen atoms in total. The molecule has 18 heavy (non-hydrogen) atoms. The molecule has 0 aliphatic carbocycles. The minimum Gasteiger partial charge on any atom is -0.349 e. The van der Waals surface area contributed by atoms with Gasteiger partial charge in [0, 0.05) is 31.7 Å². The number of likely N-dealkylation sites (N-methyl/N-ethyl adjacent to an activating group) is 1. The molecule has 2 heterocycles. The molecule has 2 rings (SSSR count). The largest absolute Gasteiger partial charge is 0.349 e. The molecule has 1 N–H and O–H groups in total. The number of carbonyl (C=O) groups is 1. The van der Waals surface area contributed by atoms with Gasteiger partial charge in [0.1, 0.15) is 5.69 Å². The Hall–Kier alpha value is -1.47. The van der Waals surface area contributed by atoms with Gasteiger partial charge < -0.3 is 10.2 Å².